The molecule has 1 fully saturated rings. The van der Waals surface area contributed by atoms with E-state index in [1.165, 1.54) is 5.69 Å². The molecule has 2 heterocycles. The Morgan fingerprint density at radius 3 is 2.52 bits per heavy atom. The van der Waals surface area contributed by atoms with Gasteiger partial charge in [-0.2, -0.15) is 0 Å². The molecule has 0 aliphatic carbocycles. The molecule has 2 aromatic rings. The highest BCUT2D eigenvalue weighted by atomic mass is 79.9. The lowest BCUT2D eigenvalue weighted by molar-refractivity contribution is -0.130. The second kappa shape index (κ2) is 6.62. The molecular formula is C16H17BrN2OS. The van der Waals surface area contributed by atoms with Crippen molar-refractivity contribution in [2.45, 2.75) is 6.42 Å². The molecule has 3 nitrogen and oxygen atoms in total. The van der Waals surface area contributed by atoms with Gasteiger partial charge in [0.1, 0.15) is 0 Å². The summed E-state index contributed by atoms with van der Waals surface area (Å²) in [6, 6.07) is 12.3. The molecule has 5 heteroatoms. The third-order valence-electron chi connectivity index (χ3n) is 3.73. The molecule has 3 rings (SSSR count). The third kappa shape index (κ3) is 3.47. The number of rotatable bonds is 3. The number of anilines is 1. The molecular weight excluding hydrogens is 348 g/mol. The molecule has 0 unspecified atom stereocenters. The average molecular weight is 365 g/mol. The second-order valence-electron chi connectivity index (χ2n) is 5.08. The van der Waals surface area contributed by atoms with Crippen LogP contribution in [0.1, 0.15) is 4.88 Å². The molecule has 0 saturated carbocycles. The molecule has 1 aliphatic heterocycles. The zero-order valence-electron chi connectivity index (χ0n) is 11.7. The van der Waals surface area contributed by atoms with E-state index in [1.54, 1.807) is 11.3 Å². The lowest BCUT2D eigenvalue weighted by atomic mass is 10.2. The van der Waals surface area contributed by atoms with Gasteiger partial charge in [-0.3, -0.25) is 4.79 Å². The highest BCUT2D eigenvalue weighted by Crippen LogP contribution is 2.26. The summed E-state index contributed by atoms with van der Waals surface area (Å²) in [4.78, 5) is 17.7. The van der Waals surface area contributed by atoms with Crippen LogP contribution in [0.2, 0.25) is 0 Å². The number of hydrogen-bond acceptors (Lipinski definition) is 3. The topological polar surface area (TPSA) is 23.6 Å². The monoisotopic (exact) mass is 364 g/mol. The molecule has 0 radical (unpaired) electrons. The number of thiophene rings is 1. The van der Waals surface area contributed by atoms with E-state index in [2.05, 4.69) is 39.0 Å². The Morgan fingerprint density at radius 2 is 1.86 bits per heavy atom. The Hall–Kier alpha value is -1.33. The highest BCUT2D eigenvalue weighted by Gasteiger charge is 2.22. The molecule has 1 saturated heterocycles. The maximum Gasteiger partial charge on any atom is 0.227 e. The minimum absolute atomic E-state index is 0.240. The number of amides is 1. The summed E-state index contributed by atoms with van der Waals surface area (Å²) in [7, 11) is 0. The molecule has 1 aromatic heterocycles. The molecule has 1 aromatic carbocycles. The summed E-state index contributed by atoms with van der Waals surface area (Å²) >= 11 is 5.25. The molecule has 0 atom stereocenters. The van der Waals surface area contributed by atoms with Gasteiger partial charge in [-0.25, -0.2) is 0 Å². The van der Waals surface area contributed by atoms with Gasteiger partial charge in [-0.15, -0.1) is 11.3 Å². The van der Waals surface area contributed by atoms with Crippen molar-refractivity contribution in [1.29, 1.82) is 0 Å². The maximum atomic E-state index is 12.3. The number of nitrogens with zero attached hydrogens (tertiary/aromatic N) is 2. The molecule has 110 valence electrons. The van der Waals surface area contributed by atoms with Crippen molar-refractivity contribution in [3.05, 3.63) is 51.1 Å². The number of carbonyl (C=O) groups is 1. The third-order valence-corrected chi connectivity index (χ3v) is 5.28. The maximum absolute atomic E-state index is 12.3. The molecule has 0 bridgehead atoms. The van der Waals surface area contributed by atoms with E-state index in [0.717, 1.165) is 35.5 Å². The number of benzene rings is 1. The summed E-state index contributed by atoms with van der Waals surface area (Å²) in [5.41, 5.74) is 1.21. The minimum atomic E-state index is 0.240. The highest BCUT2D eigenvalue weighted by molar-refractivity contribution is 9.10. The van der Waals surface area contributed by atoms with Crippen LogP contribution in [0.25, 0.3) is 0 Å². The van der Waals surface area contributed by atoms with E-state index in [9.17, 15) is 4.79 Å². The SMILES string of the molecule is O=C(Cc1cccs1)N1CCN(c2ccccc2Br)CC1. The fourth-order valence-corrected chi connectivity index (χ4v) is 3.81. The van der Waals surface area contributed by atoms with Crippen molar-refractivity contribution in [1.82, 2.24) is 4.90 Å². The molecule has 1 aliphatic rings. The van der Waals surface area contributed by atoms with Crippen molar-refractivity contribution in [3.63, 3.8) is 0 Å². The van der Waals surface area contributed by atoms with Crippen LogP contribution in [0.3, 0.4) is 0 Å². The van der Waals surface area contributed by atoms with E-state index in [1.807, 2.05) is 28.5 Å². The first-order valence-electron chi connectivity index (χ1n) is 7.03. The Morgan fingerprint density at radius 1 is 1.10 bits per heavy atom. The summed E-state index contributed by atoms with van der Waals surface area (Å²) in [5.74, 6) is 0.240. The molecule has 1 amide bonds. The molecule has 0 N–H and O–H groups in total. The Bertz CT molecular complexity index is 606. The van der Waals surface area contributed by atoms with Gasteiger partial charge in [0, 0.05) is 35.5 Å². The fourth-order valence-electron chi connectivity index (χ4n) is 2.58. The summed E-state index contributed by atoms with van der Waals surface area (Å²) < 4.78 is 1.11. The van der Waals surface area contributed by atoms with Crippen LogP contribution in [-0.4, -0.2) is 37.0 Å². The smallest absolute Gasteiger partial charge is 0.227 e. The summed E-state index contributed by atoms with van der Waals surface area (Å²) in [5, 5.41) is 2.02. The van der Waals surface area contributed by atoms with E-state index in [4.69, 9.17) is 0 Å². The van der Waals surface area contributed by atoms with Crippen LogP contribution in [0.5, 0.6) is 0 Å². The van der Waals surface area contributed by atoms with Gasteiger partial charge in [0.05, 0.1) is 12.1 Å². The first-order valence-corrected chi connectivity index (χ1v) is 8.71. The van der Waals surface area contributed by atoms with Crippen molar-refractivity contribution >= 4 is 38.9 Å². The van der Waals surface area contributed by atoms with E-state index < -0.39 is 0 Å². The van der Waals surface area contributed by atoms with Crippen LogP contribution in [0.4, 0.5) is 5.69 Å². The van der Waals surface area contributed by atoms with Crippen LogP contribution in [0.15, 0.2) is 46.3 Å². The number of hydrogen-bond donors (Lipinski definition) is 0. The zero-order chi connectivity index (χ0) is 14.7. The summed E-state index contributed by atoms with van der Waals surface area (Å²) in [6.45, 7) is 3.37. The summed E-state index contributed by atoms with van der Waals surface area (Å²) in [6.07, 6.45) is 0.534. The van der Waals surface area contributed by atoms with Crippen LogP contribution >= 0.6 is 27.3 Å². The van der Waals surface area contributed by atoms with Gasteiger partial charge >= 0.3 is 0 Å². The predicted octanol–water partition coefficient (Wildman–Crippen LogP) is 3.40. The lowest BCUT2D eigenvalue weighted by Crippen LogP contribution is -2.49. The largest absolute Gasteiger partial charge is 0.367 e. The van der Waals surface area contributed by atoms with Crippen LogP contribution in [0, 0.1) is 0 Å². The Labute approximate surface area is 137 Å². The van der Waals surface area contributed by atoms with Gasteiger partial charge in [-0.1, -0.05) is 18.2 Å². The van der Waals surface area contributed by atoms with E-state index in [0.29, 0.717) is 6.42 Å². The van der Waals surface area contributed by atoms with Gasteiger partial charge in [0.25, 0.3) is 0 Å². The standard InChI is InChI=1S/C16H17BrN2OS/c17-14-5-1-2-6-15(14)18-7-9-19(10-8-18)16(20)12-13-4-3-11-21-13/h1-6,11H,7-10,12H2. The number of piperazine rings is 1. The van der Waals surface area contributed by atoms with Crippen LogP contribution in [-0.2, 0) is 11.2 Å². The number of carbonyl (C=O) groups excluding carboxylic acids is 1. The molecule has 21 heavy (non-hydrogen) atoms. The van der Waals surface area contributed by atoms with Gasteiger partial charge in [0.2, 0.25) is 5.91 Å². The average Bonchev–Trinajstić information content (AvgIpc) is 3.01. The fraction of sp³-hybridized carbons (Fsp3) is 0.312. The first-order chi connectivity index (χ1) is 10.2. The minimum Gasteiger partial charge on any atom is -0.367 e. The number of halogens is 1. The van der Waals surface area contributed by atoms with Gasteiger partial charge in [-0.05, 0) is 39.5 Å². The van der Waals surface area contributed by atoms with Crippen molar-refractivity contribution in [3.8, 4) is 0 Å². The predicted molar refractivity (Wildman–Crippen MR) is 91.0 cm³/mol. The first kappa shape index (κ1) is 14.6. The quantitative estimate of drug-likeness (QED) is 0.833. The second-order valence-corrected chi connectivity index (χ2v) is 6.96. The van der Waals surface area contributed by atoms with Crippen molar-refractivity contribution in [2.24, 2.45) is 0 Å². The Kier molecular flexibility index (Phi) is 4.60. The van der Waals surface area contributed by atoms with Gasteiger partial charge in [0.15, 0.2) is 0 Å². The lowest BCUT2D eigenvalue weighted by Gasteiger charge is -2.36. The van der Waals surface area contributed by atoms with E-state index in [-0.39, 0.29) is 5.91 Å². The zero-order valence-corrected chi connectivity index (χ0v) is 14.1. The molecule has 0 spiro atoms. The Balaban J connectivity index is 1.58. The number of para-hydroxylation sites is 1. The van der Waals surface area contributed by atoms with Crippen molar-refractivity contribution in [2.75, 3.05) is 31.1 Å². The normalized spacial score (nSPS) is 15.3. The van der Waals surface area contributed by atoms with Gasteiger partial charge < -0.3 is 9.80 Å². The van der Waals surface area contributed by atoms with E-state index >= 15 is 0 Å². The van der Waals surface area contributed by atoms with Crippen LogP contribution < -0.4 is 4.90 Å². The van der Waals surface area contributed by atoms with Crippen molar-refractivity contribution < 1.29 is 4.79 Å².